The molecule has 19 heavy (non-hydrogen) atoms. The van der Waals surface area contributed by atoms with Gasteiger partial charge in [-0.2, -0.15) is 0 Å². The fourth-order valence-electron chi connectivity index (χ4n) is 1.93. The number of nitrogens with one attached hydrogen (secondary N) is 1. The number of hydrogen-bond acceptors (Lipinski definition) is 5. The molecule has 1 saturated heterocycles. The summed E-state index contributed by atoms with van der Waals surface area (Å²) in [6.45, 7) is 2.73. The highest BCUT2D eigenvalue weighted by molar-refractivity contribution is 5.86. The molecule has 0 bridgehead atoms. The molecule has 1 aliphatic rings. The van der Waals surface area contributed by atoms with E-state index in [-0.39, 0.29) is 24.2 Å². The molecule has 2 rings (SSSR count). The molecule has 0 aliphatic carbocycles. The molecule has 0 aromatic carbocycles. The zero-order valence-electron chi connectivity index (χ0n) is 10.6. The minimum absolute atomic E-state index is 0.0428. The molecule has 1 amide bonds. The number of amides is 1. The Bertz CT molecular complexity index is 479. The Kier molecular flexibility index (Phi) is 4.10. The molecule has 1 aromatic rings. The molecule has 2 heterocycles. The van der Waals surface area contributed by atoms with Gasteiger partial charge in [0.1, 0.15) is 6.54 Å². The summed E-state index contributed by atoms with van der Waals surface area (Å²) in [6.07, 6.45) is 2.05. The minimum atomic E-state index is -1.15. The van der Waals surface area contributed by atoms with E-state index < -0.39 is 5.97 Å². The molecule has 1 fully saturated rings. The molecular formula is C11H16N4O4. The third-order valence-corrected chi connectivity index (χ3v) is 3.03. The fourth-order valence-corrected chi connectivity index (χ4v) is 1.93. The lowest BCUT2D eigenvalue weighted by molar-refractivity contribution is -0.122. The van der Waals surface area contributed by atoms with Gasteiger partial charge in [-0.1, -0.05) is 5.21 Å². The Morgan fingerprint density at radius 2 is 2.37 bits per heavy atom. The van der Waals surface area contributed by atoms with E-state index in [0.29, 0.717) is 12.2 Å². The number of aromatic nitrogens is 3. The first-order chi connectivity index (χ1) is 9.08. The summed E-state index contributed by atoms with van der Waals surface area (Å²) in [5.74, 6) is -1.39. The average molecular weight is 268 g/mol. The average Bonchev–Trinajstić information content (AvgIpc) is 2.98. The van der Waals surface area contributed by atoms with Gasteiger partial charge in [-0.25, -0.2) is 9.48 Å². The van der Waals surface area contributed by atoms with Crippen LogP contribution in [0, 0.1) is 6.92 Å². The number of carbonyl (C=O) groups is 2. The van der Waals surface area contributed by atoms with Crippen LogP contribution in [0.5, 0.6) is 0 Å². The van der Waals surface area contributed by atoms with Crippen LogP contribution in [0.25, 0.3) is 0 Å². The van der Waals surface area contributed by atoms with E-state index in [4.69, 9.17) is 9.84 Å². The molecule has 1 unspecified atom stereocenters. The van der Waals surface area contributed by atoms with Gasteiger partial charge < -0.3 is 15.2 Å². The van der Waals surface area contributed by atoms with Crippen LogP contribution in [-0.2, 0) is 16.1 Å². The summed E-state index contributed by atoms with van der Waals surface area (Å²) in [6, 6.07) is 0. The van der Waals surface area contributed by atoms with Crippen LogP contribution in [0.2, 0.25) is 0 Å². The van der Waals surface area contributed by atoms with Gasteiger partial charge in [-0.05, 0) is 19.8 Å². The second-order valence-electron chi connectivity index (χ2n) is 4.43. The first-order valence-electron chi connectivity index (χ1n) is 6.09. The topological polar surface area (TPSA) is 106 Å². The zero-order valence-corrected chi connectivity index (χ0v) is 10.6. The summed E-state index contributed by atoms with van der Waals surface area (Å²) in [5, 5.41) is 18.7. The van der Waals surface area contributed by atoms with Crippen LogP contribution in [0.3, 0.4) is 0 Å². The van der Waals surface area contributed by atoms with Crippen molar-refractivity contribution in [1.29, 1.82) is 0 Å². The Hall–Kier alpha value is -1.96. The smallest absolute Gasteiger partial charge is 0.358 e. The molecule has 1 aliphatic heterocycles. The van der Waals surface area contributed by atoms with Gasteiger partial charge in [-0.15, -0.1) is 5.10 Å². The van der Waals surface area contributed by atoms with Gasteiger partial charge in [0, 0.05) is 13.2 Å². The number of carboxylic acid groups (broad SMARTS) is 1. The molecule has 0 saturated carbocycles. The van der Waals surface area contributed by atoms with Crippen LogP contribution in [0.1, 0.15) is 29.0 Å². The van der Waals surface area contributed by atoms with Crippen LogP contribution in [0.4, 0.5) is 0 Å². The molecule has 2 N–H and O–H groups in total. The predicted molar refractivity (Wildman–Crippen MR) is 63.7 cm³/mol. The van der Waals surface area contributed by atoms with Gasteiger partial charge in [-0.3, -0.25) is 4.79 Å². The van der Waals surface area contributed by atoms with E-state index in [1.807, 2.05) is 0 Å². The Morgan fingerprint density at radius 1 is 1.58 bits per heavy atom. The highest BCUT2D eigenvalue weighted by Crippen LogP contribution is 2.10. The van der Waals surface area contributed by atoms with Crippen molar-refractivity contribution in [3.63, 3.8) is 0 Å². The van der Waals surface area contributed by atoms with E-state index in [9.17, 15) is 9.59 Å². The predicted octanol–water partition coefficient (Wildman–Crippen LogP) is -0.420. The number of hydrogen-bond donors (Lipinski definition) is 2. The van der Waals surface area contributed by atoms with Crippen molar-refractivity contribution in [2.24, 2.45) is 0 Å². The Balaban J connectivity index is 1.86. The highest BCUT2D eigenvalue weighted by atomic mass is 16.5. The first kappa shape index (κ1) is 13.5. The lowest BCUT2D eigenvalue weighted by atomic mass is 10.2. The summed E-state index contributed by atoms with van der Waals surface area (Å²) < 4.78 is 6.66. The van der Waals surface area contributed by atoms with Crippen molar-refractivity contribution in [3.05, 3.63) is 11.4 Å². The maximum atomic E-state index is 11.7. The third kappa shape index (κ3) is 3.28. The minimum Gasteiger partial charge on any atom is -0.476 e. The summed E-state index contributed by atoms with van der Waals surface area (Å²) >= 11 is 0. The molecule has 8 nitrogen and oxygen atoms in total. The van der Waals surface area contributed by atoms with Crippen LogP contribution in [-0.4, -0.2) is 51.2 Å². The number of carboxylic acids is 1. The van der Waals surface area contributed by atoms with Gasteiger partial charge in [0.15, 0.2) is 5.69 Å². The number of carbonyl (C=O) groups excluding carboxylic acids is 1. The monoisotopic (exact) mass is 268 g/mol. The maximum absolute atomic E-state index is 11.7. The molecule has 0 spiro atoms. The zero-order chi connectivity index (χ0) is 13.8. The second kappa shape index (κ2) is 5.79. The van der Waals surface area contributed by atoms with Crippen LogP contribution in [0.15, 0.2) is 0 Å². The Labute approximate surface area is 109 Å². The molecular weight excluding hydrogens is 252 g/mol. The van der Waals surface area contributed by atoms with Crippen molar-refractivity contribution in [2.75, 3.05) is 13.2 Å². The quantitative estimate of drug-likeness (QED) is 0.751. The maximum Gasteiger partial charge on any atom is 0.358 e. The second-order valence-corrected chi connectivity index (χ2v) is 4.43. The van der Waals surface area contributed by atoms with E-state index in [1.54, 1.807) is 6.92 Å². The summed E-state index contributed by atoms with van der Waals surface area (Å²) in [7, 11) is 0. The summed E-state index contributed by atoms with van der Waals surface area (Å²) in [5.41, 5.74) is 0.228. The van der Waals surface area contributed by atoms with Gasteiger partial charge >= 0.3 is 5.97 Å². The molecule has 104 valence electrons. The summed E-state index contributed by atoms with van der Waals surface area (Å²) in [4.78, 5) is 22.5. The largest absolute Gasteiger partial charge is 0.476 e. The molecule has 1 aromatic heterocycles. The van der Waals surface area contributed by atoms with E-state index >= 15 is 0 Å². The first-order valence-corrected chi connectivity index (χ1v) is 6.09. The van der Waals surface area contributed by atoms with Crippen LogP contribution < -0.4 is 5.32 Å². The lowest BCUT2D eigenvalue weighted by Gasteiger charge is -2.10. The van der Waals surface area contributed by atoms with Crippen molar-refractivity contribution in [3.8, 4) is 0 Å². The normalized spacial score (nSPS) is 18.5. The third-order valence-electron chi connectivity index (χ3n) is 3.03. The lowest BCUT2D eigenvalue weighted by Crippen LogP contribution is -2.34. The fraction of sp³-hybridized carbons (Fsp3) is 0.636. The van der Waals surface area contributed by atoms with Gasteiger partial charge in [0.2, 0.25) is 5.91 Å². The van der Waals surface area contributed by atoms with Gasteiger partial charge in [0.25, 0.3) is 0 Å². The van der Waals surface area contributed by atoms with Gasteiger partial charge in [0.05, 0.1) is 11.8 Å². The Morgan fingerprint density at radius 3 is 2.95 bits per heavy atom. The van der Waals surface area contributed by atoms with Crippen molar-refractivity contribution < 1.29 is 19.4 Å². The van der Waals surface area contributed by atoms with E-state index in [0.717, 1.165) is 19.4 Å². The highest BCUT2D eigenvalue weighted by Gasteiger charge is 2.18. The number of ether oxygens (including phenoxy) is 1. The van der Waals surface area contributed by atoms with Crippen molar-refractivity contribution in [1.82, 2.24) is 20.3 Å². The molecule has 8 heteroatoms. The molecule has 1 atom stereocenters. The molecule has 0 radical (unpaired) electrons. The van der Waals surface area contributed by atoms with Crippen molar-refractivity contribution in [2.45, 2.75) is 32.4 Å². The number of rotatable bonds is 5. The number of aromatic carboxylic acids is 1. The van der Waals surface area contributed by atoms with Crippen molar-refractivity contribution >= 4 is 11.9 Å². The SMILES string of the molecule is Cc1c(C(=O)O)nnn1CC(=O)NCC1CCCO1. The van der Waals surface area contributed by atoms with E-state index in [1.165, 1.54) is 4.68 Å². The van der Waals surface area contributed by atoms with Crippen LogP contribution >= 0.6 is 0 Å². The number of nitrogens with zero attached hydrogens (tertiary/aromatic N) is 3. The van der Waals surface area contributed by atoms with E-state index in [2.05, 4.69) is 15.6 Å². The standard InChI is InChI=1S/C11H16N4O4/c1-7-10(11(17)18)13-14-15(7)6-9(16)12-5-8-3-2-4-19-8/h8H,2-6H2,1H3,(H,12,16)(H,17,18).